The van der Waals surface area contributed by atoms with E-state index in [0.717, 1.165) is 32.7 Å². The Morgan fingerprint density at radius 1 is 1.10 bits per heavy atom. The molecule has 0 atom stereocenters. The highest BCUT2D eigenvalue weighted by Gasteiger charge is 2.23. The van der Waals surface area contributed by atoms with E-state index >= 15 is 0 Å². The molecule has 2 aromatic rings. The highest BCUT2D eigenvalue weighted by atomic mass is 32.1. The molecule has 8 heteroatoms. The number of hydrogen-bond donors (Lipinski definition) is 1. The van der Waals surface area contributed by atoms with Gasteiger partial charge in [0.15, 0.2) is 0 Å². The molecule has 0 radical (unpaired) electrons. The van der Waals surface area contributed by atoms with Crippen molar-refractivity contribution in [2.24, 2.45) is 0 Å². The summed E-state index contributed by atoms with van der Waals surface area (Å²) >= 11 is 1.28. The molecule has 0 unspecified atom stereocenters. The fraction of sp³-hybridized carbons (Fsp3) is 0.455. The lowest BCUT2D eigenvalue weighted by molar-refractivity contribution is -0.116. The van der Waals surface area contributed by atoms with Gasteiger partial charge < -0.3 is 19.9 Å². The number of carbonyl (C=O) groups is 2. The third kappa shape index (κ3) is 5.65. The van der Waals surface area contributed by atoms with Crippen LogP contribution >= 0.6 is 11.3 Å². The molecule has 0 bridgehead atoms. The zero-order chi connectivity index (χ0) is 21.5. The number of piperazine rings is 1. The second kappa shape index (κ2) is 10.7. The third-order valence-corrected chi connectivity index (χ3v) is 6.14. The van der Waals surface area contributed by atoms with E-state index in [2.05, 4.69) is 22.0 Å². The number of likely N-dealkylation sites (N-methyl/N-ethyl adjacent to an activating group) is 1. The van der Waals surface area contributed by atoms with Crippen molar-refractivity contribution in [3.05, 3.63) is 41.0 Å². The zero-order valence-corrected chi connectivity index (χ0v) is 18.3. The van der Waals surface area contributed by atoms with E-state index in [-0.39, 0.29) is 18.3 Å². The van der Waals surface area contributed by atoms with Crippen LogP contribution in [0.3, 0.4) is 0 Å². The summed E-state index contributed by atoms with van der Waals surface area (Å²) in [6.45, 7) is 9.84. The van der Waals surface area contributed by atoms with Gasteiger partial charge in [-0.1, -0.05) is 19.1 Å². The van der Waals surface area contributed by atoms with Gasteiger partial charge in [-0.15, -0.1) is 11.3 Å². The number of hydrogen-bond acceptors (Lipinski definition) is 6. The maximum Gasteiger partial charge on any atom is 0.341 e. The average molecular weight is 434 g/mol. The van der Waals surface area contributed by atoms with Crippen LogP contribution in [0.1, 0.15) is 30.6 Å². The minimum atomic E-state index is -0.496. The van der Waals surface area contributed by atoms with Crippen LogP contribution in [-0.4, -0.2) is 67.6 Å². The Morgan fingerprint density at radius 2 is 1.77 bits per heavy atom. The first-order chi connectivity index (χ1) is 14.5. The third-order valence-electron chi connectivity index (χ3n) is 5.25. The summed E-state index contributed by atoms with van der Waals surface area (Å²) in [4.78, 5) is 29.8. The molecule has 1 amide bonds. The van der Waals surface area contributed by atoms with Crippen molar-refractivity contribution in [2.45, 2.75) is 20.3 Å². The van der Waals surface area contributed by atoms with Crippen LogP contribution in [-0.2, 0) is 9.53 Å². The molecule has 1 aliphatic rings. The van der Waals surface area contributed by atoms with Gasteiger partial charge in [-0.05, 0) is 31.2 Å². The lowest BCUT2D eigenvalue weighted by Gasteiger charge is -2.33. The van der Waals surface area contributed by atoms with E-state index in [0.29, 0.717) is 34.7 Å². The summed E-state index contributed by atoms with van der Waals surface area (Å²) < 4.78 is 18.5. The second-order valence-electron chi connectivity index (χ2n) is 7.15. The predicted octanol–water partition coefficient (Wildman–Crippen LogP) is 3.70. The number of halogens is 1. The van der Waals surface area contributed by atoms with Crippen molar-refractivity contribution in [1.29, 1.82) is 0 Å². The number of anilines is 1. The van der Waals surface area contributed by atoms with E-state index < -0.39 is 5.97 Å². The smallest absolute Gasteiger partial charge is 0.341 e. The Labute approximate surface area is 180 Å². The van der Waals surface area contributed by atoms with Gasteiger partial charge in [-0.3, -0.25) is 4.79 Å². The molecule has 162 valence electrons. The number of carbonyl (C=O) groups excluding carboxylic acids is 2. The van der Waals surface area contributed by atoms with Crippen LogP contribution in [0.15, 0.2) is 29.6 Å². The Balaban J connectivity index is 1.68. The predicted molar refractivity (Wildman–Crippen MR) is 117 cm³/mol. The maximum atomic E-state index is 13.3. The van der Waals surface area contributed by atoms with Crippen molar-refractivity contribution in [2.75, 3.05) is 51.2 Å². The van der Waals surface area contributed by atoms with Gasteiger partial charge >= 0.3 is 5.97 Å². The Kier molecular flexibility index (Phi) is 7.95. The quantitative estimate of drug-likeness (QED) is 0.644. The van der Waals surface area contributed by atoms with Crippen molar-refractivity contribution in [3.8, 4) is 11.1 Å². The van der Waals surface area contributed by atoms with Gasteiger partial charge in [-0.2, -0.15) is 0 Å². The fourth-order valence-electron chi connectivity index (χ4n) is 3.48. The Morgan fingerprint density at radius 3 is 2.40 bits per heavy atom. The number of ether oxygens (including phenoxy) is 1. The monoisotopic (exact) mass is 433 g/mol. The molecule has 30 heavy (non-hydrogen) atoms. The van der Waals surface area contributed by atoms with Gasteiger partial charge in [0.25, 0.3) is 0 Å². The van der Waals surface area contributed by atoms with Crippen LogP contribution in [0.2, 0.25) is 0 Å². The Hall–Kier alpha value is -2.29. The van der Waals surface area contributed by atoms with Gasteiger partial charge in [0.2, 0.25) is 5.91 Å². The molecule has 2 heterocycles. The molecule has 1 saturated heterocycles. The summed E-state index contributed by atoms with van der Waals surface area (Å²) in [6.07, 6.45) is 0.359. The Bertz CT molecular complexity index is 861. The van der Waals surface area contributed by atoms with E-state index in [1.165, 1.54) is 23.5 Å². The molecule has 1 fully saturated rings. The molecule has 6 nitrogen and oxygen atoms in total. The molecule has 1 aliphatic heterocycles. The van der Waals surface area contributed by atoms with E-state index in [1.54, 1.807) is 24.4 Å². The van der Waals surface area contributed by atoms with Gasteiger partial charge in [0.05, 0.1) is 6.61 Å². The first kappa shape index (κ1) is 22.4. The van der Waals surface area contributed by atoms with E-state index in [4.69, 9.17) is 4.74 Å². The number of nitrogens with zero attached hydrogens (tertiary/aromatic N) is 2. The number of thiophene rings is 1. The molecule has 1 aromatic carbocycles. The first-order valence-corrected chi connectivity index (χ1v) is 11.2. The van der Waals surface area contributed by atoms with Crippen LogP contribution in [0.4, 0.5) is 9.39 Å². The standard InChI is InChI=1S/C22H28FN3O3S/c1-3-25-11-13-26(14-12-25)10-9-19(27)24-21-20(22(28)29-4-2)18(15-30-21)16-5-7-17(23)8-6-16/h5-8,15H,3-4,9-14H2,1-2H3,(H,24,27). The minimum absolute atomic E-state index is 0.133. The normalized spacial score (nSPS) is 15.2. The largest absolute Gasteiger partial charge is 0.462 e. The molecule has 0 aliphatic carbocycles. The zero-order valence-electron chi connectivity index (χ0n) is 17.4. The summed E-state index contributed by atoms with van der Waals surface area (Å²) in [6, 6.07) is 5.92. The minimum Gasteiger partial charge on any atom is -0.462 e. The fourth-order valence-corrected chi connectivity index (χ4v) is 4.45. The lowest BCUT2D eigenvalue weighted by atomic mass is 10.0. The molecule has 1 N–H and O–H groups in total. The summed E-state index contributed by atoms with van der Waals surface area (Å²) in [5, 5.41) is 5.14. The average Bonchev–Trinajstić information content (AvgIpc) is 3.17. The molecule has 1 aromatic heterocycles. The SMILES string of the molecule is CCOC(=O)c1c(-c2ccc(F)cc2)csc1NC(=O)CCN1CCN(CC)CC1. The van der Waals surface area contributed by atoms with Gasteiger partial charge in [0, 0.05) is 50.1 Å². The topological polar surface area (TPSA) is 61.9 Å². The van der Waals surface area contributed by atoms with Gasteiger partial charge in [0.1, 0.15) is 16.4 Å². The molecular weight excluding hydrogens is 405 g/mol. The van der Waals surface area contributed by atoms with Crippen molar-refractivity contribution >= 4 is 28.2 Å². The van der Waals surface area contributed by atoms with Crippen LogP contribution in [0, 0.1) is 5.82 Å². The number of amides is 1. The summed E-state index contributed by atoms with van der Waals surface area (Å²) in [5.74, 6) is -0.977. The molecular formula is C22H28FN3O3S. The lowest BCUT2D eigenvalue weighted by Crippen LogP contribution is -2.46. The summed E-state index contributed by atoms with van der Waals surface area (Å²) in [7, 11) is 0. The van der Waals surface area contributed by atoms with Crippen LogP contribution in [0.25, 0.3) is 11.1 Å². The van der Waals surface area contributed by atoms with E-state index in [1.807, 2.05) is 0 Å². The molecule has 0 saturated carbocycles. The number of rotatable bonds is 8. The van der Waals surface area contributed by atoms with Crippen molar-refractivity contribution < 1.29 is 18.7 Å². The molecule has 3 rings (SSSR count). The van der Waals surface area contributed by atoms with Gasteiger partial charge in [-0.25, -0.2) is 9.18 Å². The van der Waals surface area contributed by atoms with Crippen molar-refractivity contribution in [1.82, 2.24) is 9.80 Å². The highest BCUT2D eigenvalue weighted by Crippen LogP contribution is 2.36. The highest BCUT2D eigenvalue weighted by molar-refractivity contribution is 7.15. The van der Waals surface area contributed by atoms with Crippen molar-refractivity contribution in [3.63, 3.8) is 0 Å². The van der Waals surface area contributed by atoms with E-state index in [9.17, 15) is 14.0 Å². The summed E-state index contributed by atoms with van der Waals surface area (Å²) in [5.41, 5.74) is 1.65. The number of benzene rings is 1. The number of nitrogens with one attached hydrogen (secondary N) is 1. The van der Waals surface area contributed by atoms with Crippen LogP contribution in [0.5, 0.6) is 0 Å². The first-order valence-electron chi connectivity index (χ1n) is 10.3. The molecule has 0 spiro atoms. The maximum absolute atomic E-state index is 13.3. The number of esters is 1. The van der Waals surface area contributed by atoms with Crippen LogP contribution < -0.4 is 5.32 Å². The second-order valence-corrected chi connectivity index (χ2v) is 8.03.